The number of likely N-dealkylation sites (tertiary alicyclic amines) is 1. The average molecular weight is 537 g/mol. The summed E-state index contributed by atoms with van der Waals surface area (Å²) in [7, 11) is 0. The van der Waals surface area contributed by atoms with Crippen molar-refractivity contribution in [1.82, 2.24) is 25.3 Å². The second kappa shape index (κ2) is 11.3. The van der Waals surface area contributed by atoms with Gasteiger partial charge in [0.2, 0.25) is 11.8 Å². The minimum Gasteiger partial charge on any atom is -0.365 e. The van der Waals surface area contributed by atoms with Gasteiger partial charge in [-0.1, -0.05) is 72.8 Å². The Morgan fingerprint density at radius 3 is 2.60 bits per heavy atom. The van der Waals surface area contributed by atoms with Crippen LogP contribution in [-0.4, -0.2) is 63.5 Å². The maximum absolute atomic E-state index is 13.2. The van der Waals surface area contributed by atoms with Gasteiger partial charge in [-0.15, -0.1) is 0 Å². The van der Waals surface area contributed by atoms with Crippen molar-refractivity contribution in [3.8, 4) is 11.3 Å². The summed E-state index contributed by atoms with van der Waals surface area (Å²) in [5.74, 6) is 0.603. The lowest BCUT2D eigenvalue weighted by molar-refractivity contribution is -0.138. The number of benzene rings is 2. The van der Waals surface area contributed by atoms with Crippen LogP contribution in [0.2, 0.25) is 0 Å². The number of hydrogen-bond acceptors (Lipinski definition) is 6. The highest BCUT2D eigenvalue weighted by atomic mass is 16.2. The molecule has 1 fully saturated rings. The van der Waals surface area contributed by atoms with E-state index in [4.69, 9.17) is 0 Å². The molecule has 0 spiro atoms. The summed E-state index contributed by atoms with van der Waals surface area (Å²) in [6, 6.07) is 16.9. The molecule has 3 aliphatic rings. The number of allylic oxidation sites excluding steroid dienone is 2. The lowest BCUT2D eigenvalue weighted by Gasteiger charge is -2.24. The summed E-state index contributed by atoms with van der Waals surface area (Å²) < 4.78 is 1.42. The molecule has 1 aliphatic carbocycles. The first-order valence-electron chi connectivity index (χ1n) is 13.9. The number of aromatic nitrogens is 2. The van der Waals surface area contributed by atoms with Crippen molar-refractivity contribution in [3.05, 3.63) is 89.3 Å². The predicted molar refractivity (Wildman–Crippen MR) is 155 cm³/mol. The molecular formula is C31H32N6O3. The smallest absolute Gasteiger partial charge is 0.274 e. The zero-order valence-electron chi connectivity index (χ0n) is 22.2. The normalized spacial score (nSPS) is 21.2. The van der Waals surface area contributed by atoms with E-state index in [-0.39, 0.29) is 42.5 Å². The molecule has 6 rings (SSSR count). The number of rotatable bonds is 8. The molecule has 0 radical (unpaired) electrons. The number of hydrogen-bond donors (Lipinski definition) is 2. The van der Waals surface area contributed by atoms with Gasteiger partial charge >= 0.3 is 0 Å². The Bertz CT molecular complexity index is 1570. The van der Waals surface area contributed by atoms with Crippen LogP contribution < -0.4 is 16.2 Å². The van der Waals surface area contributed by atoms with Crippen LogP contribution in [0.1, 0.15) is 25.7 Å². The third kappa shape index (κ3) is 5.19. The Hall–Kier alpha value is -4.53. The maximum atomic E-state index is 13.2. The second-order valence-electron chi connectivity index (χ2n) is 10.3. The highest BCUT2D eigenvalue weighted by molar-refractivity contribution is 5.94. The number of nitrogens with one attached hydrogen (secondary N) is 2. The van der Waals surface area contributed by atoms with Gasteiger partial charge in [-0.05, 0) is 18.9 Å². The van der Waals surface area contributed by atoms with Gasteiger partial charge in [0.05, 0.1) is 35.5 Å². The van der Waals surface area contributed by atoms with E-state index in [1.54, 1.807) is 11.0 Å². The number of carbonyl (C=O) groups excluding carboxylic acids is 2. The van der Waals surface area contributed by atoms with Crippen LogP contribution in [0.25, 0.3) is 22.0 Å². The first-order valence-corrected chi connectivity index (χ1v) is 13.9. The molecule has 3 heterocycles. The van der Waals surface area contributed by atoms with Gasteiger partial charge < -0.3 is 15.5 Å². The minimum absolute atomic E-state index is 0.0389. The van der Waals surface area contributed by atoms with Gasteiger partial charge in [0, 0.05) is 36.9 Å². The summed E-state index contributed by atoms with van der Waals surface area (Å²) in [4.78, 5) is 45.7. The molecule has 3 unspecified atom stereocenters. The molecule has 3 aromatic rings. The predicted octanol–water partition coefficient (Wildman–Crippen LogP) is 2.82. The number of fused-ring (bicyclic) bond motifs is 2. The molecule has 2 aromatic carbocycles. The van der Waals surface area contributed by atoms with Gasteiger partial charge in [0.1, 0.15) is 6.04 Å². The number of carbonyl (C=O) groups is 2. The van der Waals surface area contributed by atoms with Crippen molar-refractivity contribution in [2.45, 2.75) is 50.4 Å². The number of nitrogens with zero attached hydrogens (tertiary/aromatic N) is 4. The molecule has 1 aromatic heterocycles. The van der Waals surface area contributed by atoms with Crippen LogP contribution in [0.3, 0.4) is 0 Å². The molecule has 2 amide bonds. The monoisotopic (exact) mass is 536 g/mol. The summed E-state index contributed by atoms with van der Waals surface area (Å²) >= 11 is 0. The standard InChI is InChI=1S/C31H32N6O3/c38-28(17-16-27-33-24-13-6-7-14-25(24)34-27)36-19-8-15-26(36)30(39)32-18-20-37-31(40)23-12-5-4-11-22(23)29(35-37)21-9-2-1-3-10-21/h1-7,9-14,24-26H,8,15-20H2,(H,32,39)(H,33,34). The van der Waals surface area contributed by atoms with Crippen LogP contribution >= 0.6 is 0 Å². The van der Waals surface area contributed by atoms with Crippen molar-refractivity contribution in [2.24, 2.45) is 4.99 Å². The fourth-order valence-electron chi connectivity index (χ4n) is 5.70. The van der Waals surface area contributed by atoms with E-state index < -0.39 is 6.04 Å². The third-order valence-corrected chi connectivity index (χ3v) is 7.73. The molecular weight excluding hydrogens is 504 g/mol. The molecule has 204 valence electrons. The van der Waals surface area contributed by atoms with Crippen molar-refractivity contribution >= 4 is 28.4 Å². The van der Waals surface area contributed by atoms with E-state index in [0.29, 0.717) is 31.2 Å². The van der Waals surface area contributed by atoms with E-state index in [1.807, 2.05) is 60.7 Å². The lowest BCUT2D eigenvalue weighted by Crippen LogP contribution is -2.47. The van der Waals surface area contributed by atoms with E-state index >= 15 is 0 Å². The van der Waals surface area contributed by atoms with E-state index in [2.05, 4.69) is 32.9 Å². The molecule has 0 saturated carbocycles. The van der Waals surface area contributed by atoms with E-state index in [0.717, 1.165) is 28.9 Å². The molecule has 0 bridgehead atoms. The Morgan fingerprint density at radius 2 is 1.77 bits per heavy atom. The summed E-state index contributed by atoms with van der Waals surface area (Å²) in [5, 5.41) is 12.4. The first-order chi connectivity index (χ1) is 19.6. The summed E-state index contributed by atoms with van der Waals surface area (Å²) in [6.45, 7) is 1.04. The fourth-order valence-corrected chi connectivity index (χ4v) is 5.70. The summed E-state index contributed by atoms with van der Waals surface area (Å²) in [5.41, 5.74) is 1.45. The first kappa shape index (κ1) is 25.7. The van der Waals surface area contributed by atoms with Crippen molar-refractivity contribution < 1.29 is 9.59 Å². The van der Waals surface area contributed by atoms with E-state index in [9.17, 15) is 14.4 Å². The molecule has 40 heavy (non-hydrogen) atoms. The third-order valence-electron chi connectivity index (χ3n) is 7.73. The van der Waals surface area contributed by atoms with Gasteiger partial charge in [-0.3, -0.25) is 19.4 Å². The van der Waals surface area contributed by atoms with Gasteiger partial charge in [0.15, 0.2) is 0 Å². The Labute approximate surface area is 232 Å². The lowest BCUT2D eigenvalue weighted by atomic mass is 10.1. The van der Waals surface area contributed by atoms with Crippen molar-refractivity contribution in [2.75, 3.05) is 13.1 Å². The van der Waals surface area contributed by atoms with Crippen LogP contribution in [0.5, 0.6) is 0 Å². The topological polar surface area (TPSA) is 109 Å². The van der Waals surface area contributed by atoms with Gasteiger partial charge in [0.25, 0.3) is 5.56 Å². The van der Waals surface area contributed by atoms with Crippen LogP contribution in [0, 0.1) is 0 Å². The zero-order chi connectivity index (χ0) is 27.5. The highest BCUT2D eigenvalue weighted by Crippen LogP contribution is 2.24. The van der Waals surface area contributed by atoms with Crippen LogP contribution in [0.4, 0.5) is 0 Å². The average Bonchev–Trinajstić information content (AvgIpc) is 3.65. The van der Waals surface area contributed by atoms with Gasteiger partial charge in [-0.25, -0.2) is 4.68 Å². The Balaban J connectivity index is 1.08. The molecule has 3 atom stereocenters. The molecule has 2 N–H and O–H groups in total. The largest absolute Gasteiger partial charge is 0.365 e. The number of aliphatic imine (C=N–C) groups is 1. The Morgan fingerprint density at radius 1 is 1.00 bits per heavy atom. The van der Waals surface area contributed by atoms with Crippen molar-refractivity contribution in [1.29, 1.82) is 0 Å². The minimum atomic E-state index is -0.499. The Kier molecular flexibility index (Phi) is 7.27. The van der Waals surface area contributed by atoms with Crippen molar-refractivity contribution in [3.63, 3.8) is 0 Å². The molecule has 2 aliphatic heterocycles. The molecule has 9 nitrogen and oxygen atoms in total. The second-order valence-corrected chi connectivity index (χ2v) is 10.3. The number of amides is 2. The zero-order valence-corrected chi connectivity index (χ0v) is 22.2. The van der Waals surface area contributed by atoms with Crippen LogP contribution in [0.15, 0.2) is 88.7 Å². The molecule has 9 heteroatoms. The highest BCUT2D eigenvalue weighted by Gasteiger charge is 2.34. The van der Waals surface area contributed by atoms with Gasteiger partial charge in [-0.2, -0.15) is 5.10 Å². The maximum Gasteiger partial charge on any atom is 0.274 e. The summed E-state index contributed by atoms with van der Waals surface area (Å²) in [6.07, 6.45) is 10.4. The SMILES string of the molecule is O=C(NCCn1nc(-c2ccccc2)c2ccccc2c1=O)C1CCCN1C(=O)CCC1=NC2C=CC=CC2N1. The number of amidine groups is 1. The van der Waals surface area contributed by atoms with Crippen LogP contribution in [-0.2, 0) is 16.1 Å². The quantitative estimate of drug-likeness (QED) is 0.460. The molecule has 1 saturated heterocycles. The fraction of sp³-hybridized carbons (Fsp3) is 0.323. The van der Waals surface area contributed by atoms with E-state index in [1.165, 1.54) is 4.68 Å².